The second kappa shape index (κ2) is 5.35. The smallest absolute Gasteiger partial charge is 0.140 e. The molecule has 0 bridgehead atoms. The first-order chi connectivity index (χ1) is 9.83. The van der Waals surface area contributed by atoms with Crippen LogP contribution in [0, 0.1) is 0 Å². The minimum Gasteiger partial charge on any atom is -0.496 e. The summed E-state index contributed by atoms with van der Waals surface area (Å²) in [7, 11) is 1.67. The van der Waals surface area contributed by atoms with E-state index in [1.165, 1.54) is 0 Å². The number of aliphatic hydroxyl groups is 1. The maximum atomic E-state index is 9.45. The minimum atomic E-state index is 0.0150. The van der Waals surface area contributed by atoms with Crippen molar-refractivity contribution >= 4 is 11.0 Å². The molecule has 3 rings (SSSR count). The van der Waals surface area contributed by atoms with Crippen molar-refractivity contribution in [2.75, 3.05) is 7.11 Å². The van der Waals surface area contributed by atoms with Crippen molar-refractivity contribution in [3.8, 4) is 5.75 Å². The molecule has 0 aliphatic carbocycles. The average molecular weight is 268 g/mol. The number of hydrogen-bond donors (Lipinski definition) is 1. The molecular weight excluding hydrogens is 252 g/mol. The first-order valence-corrected chi connectivity index (χ1v) is 6.49. The number of methoxy groups -OCH3 is 1. The molecule has 0 saturated carbocycles. The molecule has 3 aromatic rings. The SMILES string of the molecule is COc1ccccc1Cn1cc(CO)c2cccnc21. The van der Waals surface area contributed by atoms with E-state index in [9.17, 15) is 5.11 Å². The molecule has 0 atom stereocenters. The number of rotatable bonds is 4. The maximum absolute atomic E-state index is 9.45. The molecule has 0 spiro atoms. The van der Waals surface area contributed by atoms with Gasteiger partial charge in [0.25, 0.3) is 0 Å². The maximum Gasteiger partial charge on any atom is 0.140 e. The van der Waals surface area contributed by atoms with Crippen molar-refractivity contribution < 1.29 is 9.84 Å². The van der Waals surface area contributed by atoms with Crippen molar-refractivity contribution in [2.24, 2.45) is 0 Å². The Morgan fingerprint density at radius 2 is 2.00 bits per heavy atom. The lowest BCUT2D eigenvalue weighted by atomic mass is 10.2. The quantitative estimate of drug-likeness (QED) is 0.791. The van der Waals surface area contributed by atoms with E-state index in [0.29, 0.717) is 6.54 Å². The topological polar surface area (TPSA) is 47.3 Å². The van der Waals surface area contributed by atoms with Gasteiger partial charge in [-0.25, -0.2) is 4.98 Å². The lowest BCUT2D eigenvalue weighted by Crippen LogP contribution is -2.01. The van der Waals surface area contributed by atoms with Crippen LogP contribution in [-0.2, 0) is 13.2 Å². The van der Waals surface area contributed by atoms with Crippen LogP contribution in [0.3, 0.4) is 0 Å². The number of fused-ring (bicyclic) bond motifs is 1. The summed E-state index contributed by atoms with van der Waals surface area (Å²) < 4.78 is 7.42. The molecule has 1 aromatic carbocycles. The second-order valence-electron chi connectivity index (χ2n) is 4.63. The number of aromatic nitrogens is 2. The molecule has 102 valence electrons. The Kier molecular flexibility index (Phi) is 3.39. The minimum absolute atomic E-state index is 0.0150. The third kappa shape index (κ3) is 2.14. The highest BCUT2D eigenvalue weighted by Crippen LogP contribution is 2.23. The number of aliphatic hydroxyl groups excluding tert-OH is 1. The molecule has 0 amide bonds. The molecule has 1 N–H and O–H groups in total. The summed E-state index contributed by atoms with van der Waals surface area (Å²) in [6, 6.07) is 11.8. The van der Waals surface area contributed by atoms with E-state index in [-0.39, 0.29) is 6.61 Å². The van der Waals surface area contributed by atoms with Crippen LogP contribution in [0.25, 0.3) is 11.0 Å². The Morgan fingerprint density at radius 3 is 2.80 bits per heavy atom. The molecule has 4 heteroatoms. The fourth-order valence-corrected chi connectivity index (χ4v) is 2.46. The lowest BCUT2D eigenvalue weighted by Gasteiger charge is -2.09. The van der Waals surface area contributed by atoms with E-state index in [0.717, 1.165) is 27.9 Å². The van der Waals surface area contributed by atoms with Gasteiger partial charge < -0.3 is 14.4 Å². The van der Waals surface area contributed by atoms with Crippen LogP contribution in [0.5, 0.6) is 5.75 Å². The van der Waals surface area contributed by atoms with E-state index < -0.39 is 0 Å². The van der Waals surface area contributed by atoms with Crippen LogP contribution in [0.15, 0.2) is 48.8 Å². The molecule has 0 saturated heterocycles. The number of benzene rings is 1. The van der Waals surface area contributed by atoms with E-state index in [4.69, 9.17) is 4.74 Å². The highest BCUT2D eigenvalue weighted by atomic mass is 16.5. The first-order valence-electron chi connectivity index (χ1n) is 6.49. The number of hydrogen-bond acceptors (Lipinski definition) is 3. The van der Waals surface area contributed by atoms with Crippen molar-refractivity contribution in [2.45, 2.75) is 13.2 Å². The molecule has 20 heavy (non-hydrogen) atoms. The Morgan fingerprint density at radius 1 is 1.15 bits per heavy atom. The van der Waals surface area contributed by atoms with Gasteiger partial charge in [-0.1, -0.05) is 18.2 Å². The van der Waals surface area contributed by atoms with Crippen LogP contribution in [-0.4, -0.2) is 21.8 Å². The summed E-state index contributed by atoms with van der Waals surface area (Å²) >= 11 is 0. The third-order valence-electron chi connectivity index (χ3n) is 3.42. The normalized spacial score (nSPS) is 10.9. The number of pyridine rings is 1. The van der Waals surface area contributed by atoms with Gasteiger partial charge in [0.05, 0.1) is 20.3 Å². The predicted molar refractivity (Wildman–Crippen MR) is 77.8 cm³/mol. The molecular formula is C16H16N2O2. The van der Waals surface area contributed by atoms with Crippen molar-refractivity contribution in [1.29, 1.82) is 0 Å². The van der Waals surface area contributed by atoms with Crippen LogP contribution in [0.1, 0.15) is 11.1 Å². The fraction of sp³-hybridized carbons (Fsp3) is 0.188. The molecule has 0 fully saturated rings. The van der Waals surface area contributed by atoms with Crippen molar-refractivity contribution in [1.82, 2.24) is 9.55 Å². The summed E-state index contributed by atoms with van der Waals surface area (Å²) in [6.07, 6.45) is 3.71. The highest BCUT2D eigenvalue weighted by Gasteiger charge is 2.10. The first kappa shape index (κ1) is 12.7. The van der Waals surface area contributed by atoms with Crippen LogP contribution < -0.4 is 4.74 Å². The number of ether oxygens (including phenoxy) is 1. The van der Waals surface area contributed by atoms with E-state index in [2.05, 4.69) is 4.98 Å². The molecule has 4 nitrogen and oxygen atoms in total. The van der Waals surface area contributed by atoms with Gasteiger partial charge in [0.1, 0.15) is 11.4 Å². The zero-order valence-corrected chi connectivity index (χ0v) is 11.3. The zero-order valence-electron chi connectivity index (χ0n) is 11.3. The fourth-order valence-electron chi connectivity index (χ4n) is 2.46. The van der Waals surface area contributed by atoms with Gasteiger partial charge in [0, 0.05) is 28.9 Å². The van der Waals surface area contributed by atoms with Gasteiger partial charge in [-0.05, 0) is 18.2 Å². The van der Waals surface area contributed by atoms with Gasteiger partial charge in [0.2, 0.25) is 0 Å². The van der Waals surface area contributed by atoms with Crippen LogP contribution >= 0.6 is 0 Å². The van der Waals surface area contributed by atoms with E-state index in [1.807, 2.05) is 47.2 Å². The van der Waals surface area contributed by atoms with Crippen LogP contribution in [0.4, 0.5) is 0 Å². The van der Waals surface area contributed by atoms with Crippen LogP contribution in [0.2, 0.25) is 0 Å². The zero-order chi connectivity index (χ0) is 13.9. The molecule has 0 radical (unpaired) electrons. The van der Waals surface area contributed by atoms with Crippen molar-refractivity contribution in [3.05, 3.63) is 59.9 Å². The van der Waals surface area contributed by atoms with Gasteiger partial charge >= 0.3 is 0 Å². The summed E-state index contributed by atoms with van der Waals surface area (Å²) in [5.74, 6) is 0.857. The monoisotopic (exact) mass is 268 g/mol. The highest BCUT2D eigenvalue weighted by molar-refractivity contribution is 5.80. The van der Waals surface area contributed by atoms with Gasteiger partial charge in [-0.2, -0.15) is 0 Å². The summed E-state index contributed by atoms with van der Waals surface area (Å²) in [5, 5.41) is 10.4. The Bertz CT molecular complexity index is 734. The number of para-hydroxylation sites is 1. The van der Waals surface area contributed by atoms with Gasteiger partial charge in [-0.15, -0.1) is 0 Å². The molecule has 0 aliphatic heterocycles. The third-order valence-corrected chi connectivity index (χ3v) is 3.42. The van der Waals surface area contributed by atoms with Gasteiger partial charge in [-0.3, -0.25) is 0 Å². The molecule has 0 unspecified atom stereocenters. The van der Waals surface area contributed by atoms with E-state index >= 15 is 0 Å². The Labute approximate surface area is 117 Å². The van der Waals surface area contributed by atoms with Gasteiger partial charge in [0.15, 0.2) is 0 Å². The average Bonchev–Trinajstić information content (AvgIpc) is 2.86. The standard InChI is InChI=1S/C16H16N2O2/c1-20-15-7-3-2-5-12(15)9-18-10-13(11-19)14-6-4-8-17-16(14)18/h2-8,10,19H,9,11H2,1H3. The van der Waals surface area contributed by atoms with Crippen molar-refractivity contribution in [3.63, 3.8) is 0 Å². The summed E-state index contributed by atoms with van der Waals surface area (Å²) in [5.41, 5.74) is 2.85. The Hall–Kier alpha value is -2.33. The number of nitrogens with zero attached hydrogens (tertiary/aromatic N) is 2. The largest absolute Gasteiger partial charge is 0.496 e. The van der Waals surface area contributed by atoms with E-state index in [1.54, 1.807) is 13.3 Å². The lowest BCUT2D eigenvalue weighted by molar-refractivity contribution is 0.283. The summed E-state index contributed by atoms with van der Waals surface area (Å²) in [4.78, 5) is 4.41. The predicted octanol–water partition coefficient (Wildman–Crippen LogP) is 2.59. The second-order valence-corrected chi connectivity index (χ2v) is 4.63. The Balaban J connectivity index is 2.07. The molecule has 2 aromatic heterocycles. The molecule has 2 heterocycles. The molecule has 0 aliphatic rings. The summed E-state index contributed by atoms with van der Waals surface area (Å²) in [6.45, 7) is 0.679.